The summed E-state index contributed by atoms with van der Waals surface area (Å²) in [5.74, 6) is 1.37. The summed E-state index contributed by atoms with van der Waals surface area (Å²) >= 11 is 1.53. The first-order valence-corrected chi connectivity index (χ1v) is 8.20. The number of ether oxygens (including phenoxy) is 2. The summed E-state index contributed by atoms with van der Waals surface area (Å²) in [6.45, 7) is 2.21. The standard InChI is InChI=1S/C17H15NO3S/c1-2-20-16(19)15-9-12-5-3-7-18-13-6-4-8-21-14(13)10-17(12,18)11-22-15/h3-10H,2,11H2,1H3. The maximum atomic E-state index is 12.0. The minimum atomic E-state index is -0.275. The van der Waals surface area contributed by atoms with E-state index in [-0.39, 0.29) is 11.5 Å². The number of esters is 1. The molecule has 1 spiro atoms. The number of hydrogen-bond donors (Lipinski definition) is 0. The Kier molecular flexibility index (Phi) is 3.04. The third-order valence-electron chi connectivity index (χ3n) is 4.06. The number of nitrogens with zero attached hydrogens (tertiary/aromatic N) is 1. The number of thioether (sulfide) groups is 1. The number of rotatable bonds is 2. The predicted molar refractivity (Wildman–Crippen MR) is 85.4 cm³/mol. The maximum Gasteiger partial charge on any atom is 0.344 e. The van der Waals surface area contributed by atoms with Gasteiger partial charge in [0.2, 0.25) is 0 Å². The molecule has 4 heterocycles. The van der Waals surface area contributed by atoms with Crippen LogP contribution in [-0.2, 0) is 14.3 Å². The van der Waals surface area contributed by atoms with Gasteiger partial charge in [0.1, 0.15) is 11.3 Å². The Bertz CT molecular complexity index is 726. The van der Waals surface area contributed by atoms with Crippen molar-refractivity contribution in [1.29, 1.82) is 0 Å². The first-order valence-electron chi connectivity index (χ1n) is 7.21. The van der Waals surface area contributed by atoms with Gasteiger partial charge >= 0.3 is 5.97 Å². The molecule has 1 atom stereocenters. The van der Waals surface area contributed by atoms with Crippen molar-refractivity contribution in [3.05, 3.63) is 70.9 Å². The average molecular weight is 313 g/mol. The van der Waals surface area contributed by atoms with Crippen LogP contribution >= 0.6 is 11.8 Å². The minimum absolute atomic E-state index is 0.246. The van der Waals surface area contributed by atoms with Crippen molar-refractivity contribution in [3.63, 3.8) is 0 Å². The van der Waals surface area contributed by atoms with E-state index in [1.54, 1.807) is 6.26 Å². The molecule has 0 saturated heterocycles. The fourth-order valence-corrected chi connectivity index (χ4v) is 4.22. The van der Waals surface area contributed by atoms with Gasteiger partial charge in [-0.15, -0.1) is 11.8 Å². The lowest BCUT2D eigenvalue weighted by molar-refractivity contribution is -0.137. The molecule has 4 aliphatic rings. The first kappa shape index (κ1) is 13.5. The Labute approximate surface area is 133 Å². The van der Waals surface area contributed by atoms with E-state index in [9.17, 15) is 4.79 Å². The van der Waals surface area contributed by atoms with Crippen molar-refractivity contribution in [3.8, 4) is 0 Å². The molecule has 4 rings (SSSR count). The third-order valence-corrected chi connectivity index (χ3v) is 5.24. The maximum absolute atomic E-state index is 12.0. The first-order chi connectivity index (χ1) is 10.7. The molecular weight excluding hydrogens is 298 g/mol. The Morgan fingerprint density at radius 3 is 3.23 bits per heavy atom. The number of carbonyl (C=O) groups is 1. The fourth-order valence-electron chi connectivity index (χ4n) is 3.07. The second-order valence-corrected chi connectivity index (χ2v) is 6.30. The molecular formula is C17H15NO3S. The number of carbonyl (C=O) groups excluding carboxylic acids is 1. The predicted octanol–water partition coefficient (Wildman–Crippen LogP) is 3.00. The highest BCUT2D eigenvalue weighted by Crippen LogP contribution is 2.49. The van der Waals surface area contributed by atoms with E-state index in [4.69, 9.17) is 9.47 Å². The van der Waals surface area contributed by atoms with Crippen LogP contribution in [0.15, 0.2) is 70.9 Å². The van der Waals surface area contributed by atoms with Gasteiger partial charge in [-0.2, -0.15) is 0 Å². The van der Waals surface area contributed by atoms with E-state index in [1.165, 1.54) is 11.8 Å². The molecule has 0 N–H and O–H groups in total. The Balaban J connectivity index is 1.75. The van der Waals surface area contributed by atoms with E-state index in [0.717, 1.165) is 22.8 Å². The Morgan fingerprint density at radius 1 is 1.45 bits per heavy atom. The molecule has 0 aromatic heterocycles. The van der Waals surface area contributed by atoms with Gasteiger partial charge in [-0.1, -0.05) is 6.08 Å². The van der Waals surface area contributed by atoms with Gasteiger partial charge in [-0.25, -0.2) is 4.79 Å². The Morgan fingerprint density at radius 2 is 2.36 bits per heavy atom. The van der Waals surface area contributed by atoms with Gasteiger partial charge in [-0.05, 0) is 42.9 Å². The summed E-state index contributed by atoms with van der Waals surface area (Å²) in [7, 11) is 0. The highest BCUT2D eigenvalue weighted by Gasteiger charge is 2.48. The number of hydrogen-bond acceptors (Lipinski definition) is 5. The molecule has 0 amide bonds. The zero-order chi connectivity index (χ0) is 15.2. The Hall–Kier alpha value is -2.14. The summed E-state index contributed by atoms with van der Waals surface area (Å²) in [6, 6.07) is 0. The average Bonchev–Trinajstić information content (AvgIpc) is 2.87. The van der Waals surface area contributed by atoms with Crippen LogP contribution in [0.2, 0.25) is 0 Å². The van der Waals surface area contributed by atoms with E-state index in [1.807, 2.05) is 31.2 Å². The molecule has 0 fully saturated rings. The zero-order valence-electron chi connectivity index (χ0n) is 12.1. The highest BCUT2D eigenvalue weighted by atomic mass is 32.2. The second kappa shape index (κ2) is 4.95. The van der Waals surface area contributed by atoms with Gasteiger partial charge in [0, 0.05) is 12.0 Å². The summed E-state index contributed by atoms with van der Waals surface area (Å²) in [5.41, 5.74) is 1.86. The van der Waals surface area contributed by atoms with Crippen LogP contribution in [0.25, 0.3) is 0 Å². The van der Waals surface area contributed by atoms with Crippen LogP contribution in [-0.4, -0.2) is 28.8 Å². The van der Waals surface area contributed by atoms with E-state index < -0.39 is 0 Å². The van der Waals surface area contributed by atoms with Crippen molar-refractivity contribution in [2.45, 2.75) is 12.5 Å². The quantitative estimate of drug-likeness (QED) is 0.733. The summed E-state index contributed by atoms with van der Waals surface area (Å²) in [5, 5.41) is 0. The summed E-state index contributed by atoms with van der Waals surface area (Å²) in [6.07, 6.45) is 15.8. The molecule has 4 aliphatic heterocycles. The van der Waals surface area contributed by atoms with E-state index in [2.05, 4.69) is 23.3 Å². The van der Waals surface area contributed by atoms with Crippen molar-refractivity contribution in [2.75, 3.05) is 12.4 Å². The van der Waals surface area contributed by atoms with Crippen molar-refractivity contribution < 1.29 is 14.3 Å². The molecule has 112 valence electrons. The molecule has 5 heteroatoms. The van der Waals surface area contributed by atoms with Crippen molar-refractivity contribution in [1.82, 2.24) is 4.90 Å². The van der Waals surface area contributed by atoms with Crippen LogP contribution in [0.1, 0.15) is 6.92 Å². The largest absolute Gasteiger partial charge is 0.463 e. The highest BCUT2D eigenvalue weighted by molar-refractivity contribution is 8.04. The monoisotopic (exact) mass is 313 g/mol. The summed E-state index contributed by atoms with van der Waals surface area (Å²) in [4.78, 5) is 14.9. The lowest BCUT2D eigenvalue weighted by atomic mass is 9.88. The molecule has 0 radical (unpaired) electrons. The molecule has 0 aromatic carbocycles. The normalized spacial score (nSPS) is 27.6. The van der Waals surface area contributed by atoms with Gasteiger partial charge in [0.15, 0.2) is 0 Å². The van der Waals surface area contributed by atoms with Gasteiger partial charge in [0.05, 0.1) is 23.5 Å². The van der Waals surface area contributed by atoms with Crippen LogP contribution < -0.4 is 0 Å². The lowest BCUT2D eigenvalue weighted by Crippen LogP contribution is -2.46. The second-order valence-electron chi connectivity index (χ2n) is 5.28. The summed E-state index contributed by atoms with van der Waals surface area (Å²) < 4.78 is 10.8. The molecule has 0 bridgehead atoms. The molecule has 0 aliphatic carbocycles. The van der Waals surface area contributed by atoms with E-state index >= 15 is 0 Å². The minimum Gasteiger partial charge on any atom is -0.463 e. The van der Waals surface area contributed by atoms with Crippen LogP contribution in [0, 0.1) is 0 Å². The van der Waals surface area contributed by atoms with Crippen molar-refractivity contribution >= 4 is 17.7 Å². The molecule has 1 unspecified atom stereocenters. The van der Waals surface area contributed by atoms with Gasteiger partial charge < -0.3 is 14.4 Å². The number of allylic oxidation sites excluding steroid dienone is 4. The van der Waals surface area contributed by atoms with Crippen LogP contribution in [0.5, 0.6) is 0 Å². The number of fused-ring (bicyclic) bond motifs is 2. The van der Waals surface area contributed by atoms with Crippen LogP contribution in [0.4, 0.5) is 0 Å². The molecule has 0 aromatic rings. The SMILES string of the molecule is CCOC(=O)C1=CC2=CC=CN3C4=CC=COC4=CC23CS1. The van der Waals surface area contributed by atoms with Gasteiger partial charge in [0.25, 0.3) is 0 Å². The van der Waals surface area contributed by atoms with Crippen molar-refractivity contribution in [2.24, 2.45) is 0 Å². The lowest BCUT2D eigenvalue weighted by Gasteiger charge is -2.42. The fraction of sp³-hybridized carbons (Fsp3) is 0.235. The third kappa shape index (κ3) is 1.82. The molecule has 4 nitrogen and oxygen atoms in total. The zero-order valence-corrected chi connectivity index (χ0v) is 12.9. The molecule has 22 heavy (non-hydrogen) atoms. The molecule has 0 saturated carbocycles. The smallest absolute Gasteiger partial charge is 0.344 e. The van der Waals surface area contributed by atoms with Gasteiger partial charge in [-0.3, -0.25) is 0 Å². The van der Waals surface area contributed by atoms with E-state index in [0.29, 0.717) is 11.5 Å². The van der Waals surface area contributed by atoms with Crippen LogP contribution in [0.3, 0.4) is 0 Å². The topological polar surface area (TPSA) is 38.8 Å².